The molecule has 0 spiro atoms. The van der Waals surface area contributed by atoms with Gasteiger partial charge in [0.2, 0.25) is 0 Å². The highest BCUT2D eigenvalue weighted by molar-refractivity contribution is 5.85. The zero-order valence-electron chi connectivity index (χ0n) is 9.95. The third kappa shape index (κ3) is 8.66. The number of carbonyl (C=O) groups is 1. The molecule has 0 radical (unpaired) electrons. The van der Waals surface area contributed by atoms with Gasteiger partial charge in [-0.05, 0) is 33.6 Å². The first-order valence-electron chi connectivity index (χ1n) is 5.00. The molecule has 0 aromatic rings. The summed E-state index contributed by atoms with van der Waals surface area (Å²) in [6.45, 7) is 7.42. The number of nitrogens with two attached hydrogens (primary N) is 2. The van der Waals surface area contributed by atoms with Crippen LogP contribution in [0.2, 0.25) is 0 Å². The minimum Gasteiger partial charge on any atom is -0.459 e. The van der Waals surface area contributed by atoms with E-state index in [2.05, 4.69) is 0 Å². The van der Waals surface area contributed by atoms with Gasteiger partial charge >= 0.3 is 5.97 Å². The lowest BCUT2D eigenvalue weighted by molar-refractivity contribution is -0.156. The molecule has 15 heavy (non-hydrogen) atoms. The second-order valence-corrected chi connectivity index (χ2v) is 4.54. The van der Waals surface area contributed by atoms with Gasteiger partial charge in [0.05, 0.1) is 0 Å². The highest BCUT2D eigenvalue weighted by Crippen LogP contribution is 2.09. The third-order valence-corrected chi connectivity index (χ3v) is 1.79. The third-order valence-electron chi connectivity index (χ3n) is 1.79. The summed E-state index contributed by atoms with van der Waals surface area (Å²) in [6, 6.07) is -0.637. The van der Waals surface area contributed by atoms with E-state index in [9.17, 15) is 4.79 Å². The van der Waals surface area contributed by atoms with Crippen LogP contribution < -0.4 is 11.5 Å². The van der Waals surface area contributed by atoms with Crippen LogP contribution in [0.15, 0.2) is 0 Å². The number of halogens is 1. The van der Waals surface area contributed by atoms with Crippen molar-refractivity contribution in [2.45, 2.75) is 58.2 Å². The van der Waals surface area contributed by atoms with Crippen LogP contribution in [0.25, 0.3) is 0 Å². The Kier molecular flexibility index (Phi) is 8.02. The SMILES string of the molecule is CCC(N)CC(N)C(=O)OC(C)(C)C.Cl. The minimum atomic E-state index is -0.607. The second kappa shape index (κ2) is 7.04. The van der Waals surface area contributed by atoms with Crippen LogP contribution in [0.5, 0.6) is 0 Å². The van der Waals surface area contributed by atoms with Crippen LogP contribution in [-0.4, -0.2) is 23.7 Å². The number of rotatable bonds is 4. The van der Waals surface area contributed by atoms with Crippen molar-refractivity contribution in [3.8, 4) is 0 Å². The van der Waals surface area contributed by atoms with E-state index in [1.807, 2.05) is 27.7 Å². The summed E-state index contributed by atoms with van der Waals surface area (Å²) in [4.78, 5) is 11.4. The summed E-state index contributed by atoms with van der Waals surface area (Å²) < 4.78 is 5.13. The van der Waals surface area contributed by atoms with E-state index in [4.69, 9.17) is 16.2 Å². The Balaban J connectivity index is 0. The van der Waals surface area contributed by atoms with Crippen molar-refractivity contribution in [2.75, 3.05) is 0 Å². The molecule has 0 saturated carbocycles. The molecule has 0 aliphatic rings. The fraction of sp³-hybridized carbons (Fsp3) is 0.900. The normalized spacial score (nSPS) is 15.1. The largest absolute Gasteiger partial charge is 0.459 e. The van der Waals surface area contributed by atoms with E-state index in [1.54, 1.807) is 0 Å². The maximum absolute atomic E-state index is 11.4. The highest BCUT2D eigenvalue weighted by atomic mass is 35.5. The Morgan fingerprint density at radius 2 is 1.80 bits per heavy atom. The molecule has 0 bridgehead atoms. The minimum absolute atomic E-state index is 0. The monoisotopic (exact) mass is 238 g/mol. The summed E-state index contributed by atoms with van der Waals surface area (Å²) >= 11 is 0. The van der Waals surface area contributed by atoms with E-state index in [1.165, 1.54) is 0 Å². The number of ether oxygens (including phenoxy) is 1. The Hall–Kier alpha value is -0.320. The smallest absolute Gasteiger partial charge is 0.323 e. The summed E-state index contributed by atoms with van der Waals surface area (Å²) in [5.41, 5.74) is 10.9. The lowest BCUT2D eigenvalue weighted by Gasteiger charge is -2.23. The summed E-state index contributed by atoms with van der Waals surface area (Å²) in [5.74, 6) is -0.374. The molecule has 0 aromatic carbocycles. The van der Waals surface area contributed by atoms with Crippen LogP contribution >= 0.6 is 12.4 Å². The highest BCUT2D eigenvalue weighted by Gasteiger charge is 2.23. The van der Waals surface area contributed by atoms with Crippen molar-refractivity contribution in [1.29, 1.82) is 0 Å². The van der Waals surface area contributed by atoms with Crippen LogP contribution in [0.4, 0.5) is 0 Å². The molecule has 0 aliphatic heterocycles. The molecule has 4 N–H and O–H groups in total. The summed E-state index contributed by atoms with van der Waals surface area (Å²) in [6.07, 6.45) is 1.29. The predicted molar refractivity (Wildman–Crippen MR) is 64.0 cm³/mol. The average molecular weight is 239 g/mol. The van der Waals surface area contributed by atoms with Gasteiger partial charge in [0.15, 0.2) is 0 Å². The summed E-state index contributed by atoms with van der Waals surface area (Å²) in [7, 11) is 0. The predicted octanol–water partition coefficient (Wildman–Crippen LogP) is 1.20. The van der Waals surface area contributed by atoms with Crippen molar-refractivity contribution in [3.63, 3.8) is 0 Å². The lowest BCUT2D eigenvalue weighted by Crippen LogP contribution is -2.41. The van der Waals surface area contributed by atoms with Gasteiger partial charge < -0.3 is 16.2 Å². The topological polar surface area (TPSA) is 78.3 Å². The summed E-state index contributed by atoms with van der Waals surface area (Å²) in [5, 5.41) is 0. The molecule has 0 aliphatic carbocycles. The average Bonchev–Trinajstić information content (AvgIpc) is 2.00. The van der Waals surface area contributed by atoms with E-state index in [0.29, 0.717) is 6.42 Å². The van der Waals surface area contributed by atoms with E-state index in [-0.39, 0.29) is 24.4 Å². The molecule has 0 aromatic heterocycles. The van der Waals surface area contributed by atoms with Crippen LogP contribution in [0.1, 0.15) is 40.5 Å². The first-order chi connectivity index (χ1) is 6.26. The Labute approximate surface area is 98.1 Å². The first kappa shape index (κ1) is 17.1. The number of hydrogen-bond acceptors (Lipinski definition) is 4. The van der Waals surface area contributed by atoms with Gasteiger partial charge in [0.1, 0.15) is 11.6 Å². The first-order valence-corrected chi connectivity index (χ1v) is 5.00. The van der Waals surface area contributed by atoms with Gasteiger partial charge in [-0.1, -0.05) is 6.92 Å². The lowest BCUT2D eigenvalue weighted by atomic mass is 10.1. The van der Waals surface area contributed by atoms with E-state index < -0.39 is 11.6 Å². The maximum Gasteiger partial charge on any atom is 0.323 e. The molecular weight excluding hydrogens is 216 g/mol. The van der Waals surface area contributed by atoms with Crippen LogP contribution in [-0.2, 0) is 9.53 Å². The molecule has 2 atom stereocenters. The molecular formula is C10H23ClN2O2. The molecule has 0 rings (SSSR count). The van der Waals surface area contributed by atoms with Crippen molar-refractivity contribution >= 4 is 18.4 Å². The van der Waals surface area contributed by atoms with Crippen LogP contribution in [0.3, 0.4) is 0 Å². The Morgan fingerprint density at radius 1 is 1.33 bits per heavy atom. The molecule has 0 amide bonds. The van der Waals surface area contributed by atoms with Gasteiger partial charge in [-0.15, -0.1) is 12.4 Å². The fourth-order valence-electron chi connectivity index (χ4n) is 0.967. The molecule has 2 unspecified atom stereocenters. The Bertz CT molecular complexity index is 192. The maximum atomic E-state index is 11.4. The zero-order valence-corrected chi connectivity index (χ0v) is 10.8. The van der Waals surface area contributed by atoms with Crippen molar-refractivity contribution in [1.82, 2.24) is 0 Å². The van der Waals surface area contributed by atoms with Crippen molar-refractivity contribution in [3.05, 3.63) is 0 Å². The molecule has 0 saturated heterocycles. The van der Waals surface area contributed by atoms with Gasteiger partial charge in [-0.25, -0.2) is 0 Å². The quantitative estimate of drug-likeness (QED) is 0.722. The van der Waals surface area contributed by atoms with Gasteiger partial charge in [0.25, 0.3) is 0 Å². The molecule has 4 nitrogen and oxygen atoms in total. The van der Waals surface area contributed by atoms with E-state index in [0.717, 1.165) is 6.42 Å². The van der Waals surface area contributed by atoms with Gasteiger partial charge in [-0.2, -0.15) is 0 Å². The standard InChI is InChI=1S/C10H22N2O2.ClH/c1-5-7(11)6-8(12)9(13)14-10(2,3)4;/h7-8H,5-6,11-12H2,1-4H3;1H. The van der Waals surface area contributed by atoms with E-state index >= 15 is 0 Å². The van der Waals surface area contributed by atoms with Crippen molar-refractivity contribution in [2.24, 2.45) is 11.5 Å². The van der Waals surface area contributed by atoms with Crippen molar-refractivity contribution < 1.29 is 9.53 Å². The van der Waals surface area contributed by atoms with Gasteiger partial charge in [-0.3, -0.25) is 4.79 Å². The molecule has 92 valence electrons. The van der Waals surface area contributed by atoms with Gasteiger partial charge in [0, 0.05) is 6.04 Å². The molecule has 0 fully saturated rings. The molecule has 5 heteroatoms. The second-order valence-electron chi connectivity index (χ2n) is 4.54. The molecule has 0 heterocycles. The number of carbonyl (C=O) groups excluding carboxylic acids is 1. The fourth-order valence-corrected chi connectivity index (χ4v) is 0.967. The van der Waals surface area contributed by atoms with Crippen LogP contribution in [0, 0.1) is 0 Å². The number of esters is 1. The number of hydrogen-bond donors (Lipinski definition) is 2. The zero-order chi connectivity index (χ0) is 11.4. The Morgan fingerprint density at radius 3 is 2.13 bits per heavy atom.